The molecule has 2 amide bonds. The highest BCUT2D eigenvalue weighted by atomic mass is 32.1. The van der Waals surface area contributed by atoms with Gasteiger partial charge in [-0.05, 0) is 26.1 Å². The molecule has 6 heteroatoms. The smallest absolute Gasteiger partial charge is 0.268 e. The molecule has 0 aromatic heterocycles. The third-order valence-electron chi connectivity index (χ3n) is 2.17. The molecule has 82 valence electrons. The first-order valence-electron chi connectivity index (χ1n) is 4.60. The average molecular weight is 228 g/mol. The molecule has 1 heterocycles. The predicted octanol–water partition coefficient (Wildman–Crippen LogP) is 0.424. The number of carbonyl (C=O) groups is 2. The van der Waals surface area contributed by atoms with Crippen LogP contribution in [0.15, 0.2) is 11.8 Å². The highest BCUT2D eigenvalue weighted by Crippen LogP contribution is 2.16. The van der Waals surface area contributed by atoms with Gasteiger partial charge in [0.15, 0.2) is 5.11 Å². The Morgan fingerprint density at radius 3 is 1.87 bits per heavy atom. The molecule has 1 saturated heterocycles. The lowest BCUT2D eigenvalue weighted by Crippen LogP contribution is -2.55. The molecular formula is C9H12N2O3S. The van der Waals surface area contributed by atoms with Gasteiger partial charge in [-0.2, -0.15) is 0 Å². The molecule has 1 aliphatic rings. The van der Waals surface area contributed by atoms with E-state index in [2.05, 4.69) is 0 Å². The topological polar surface area (TPSA) is 60.9 Å². The third-order valence-corrected chi connectivity index (χ3v) is 2.62. The number of hydrogen-bond acceptors (Lipinski definition) is 4. The van der Waals surface area contributed by atoms with Gasteiger partial charge >= 0.3 is 0 Å². The van der Waals surface area contributed by atoms with Crippen molar-refractivity contribution in [1.82, 2.24) is 9.80 Å². The number of aliphatic hydroxyl groups is 1. The van der Waals surface area contributed by atoms with Gasteiger partial charge < -0.3 is 5.11 Å². The maximum absolute atomic E-state index is 11.6. The quantitative estimate of drug-likeness (QED) is 0.322. The van der Waals surface area contributed by atoms with E-state index in [1.165, 1.54) is 9.80 Å². The van der Waals surface area contributed by atoms with E-state index in [-0.39, 0.29) is 10.7 Å². The van der Waals surface area contributed by atoms with Crippen molar-refractivity contribution in [3.63, 3.8) is 0 Å². The van der Waals surface area contributed by atoms with Gasteiger partial charge in [-0.1, -0.05) is 0 Å². The summed E-state index contributed by atoms with van der Waals surface area (Å²) >= 11 is 5.00. The fraction of sp³-hybridized carbons (Fsp3) is 0.444. The minimum Gasteiger partial charge on any atom is -0.515 e. The van der Waals surface area contributed by atoms with Crippen LogP contribution in [0, 0.1) is 0 Å². The van der Waals surface area contributed by atoms with Crippen LogP contribution in [0.25, 0.3) is 0 Å². The standard InChI is InChI=1S/C9H12N2O3S/c1-3-10-7(13)6(5-12)8(14)11(4-2)9(10)15/h5,12H,3-4H2,1-2H3. The molecule has 0 spiro atoms. The molecule has 0 aromatic carbocycles. The monoisotopic (exact) mass is 228 g/mol. The van der Waals surface area contributed by atoms with Crippen molar-refractivity contribution in [3.8, 4) is 0 Å². The molecule has 0 bridgehead atoms. The van der Waals surface area contributed by atoms with Crippen molar-refractivity contribution in [1.29, 1.82) is 0 Å². The first-order chi connectivity index (χ1) is 7.08. The van der Waals surface area contributed by atoms with Crippen LogP contribution in [0.2, 0.25) is 0 Å². The Morgan fingerprint density at radius 1 is 1.20 bits per heavy atom. The predicted molar refractivity (Wildman–Crippen MR) is 58.1 cm³/mol. The van der Waals surface area contributed by atoms with E-state index in [0.717, 1.165) is 0 Å². The second-order valence-corrected chi connectivity index (χ2v) is 3.29. The van der Waals surface area contributed by atoms with Gasteiger partial charge in [0.2, 0.25) is 0 Å². The zero-order chi connectivity index (χ0) is 11.6. The van der Waals surface area contributed by atoms with Crippen LogP contribution >= 0.6 is 12.2 Å². The summed E-state index contributed by atoms with van der Waals surface area (Å²) < 4.78 is 0. The Kier molecular flexibility index (Phi) is 3.41. The normalized spacial score (nSPS) is 17.5. The molecule has 0 aliphatic carbocycles. The molecule has 0 saturated carbocycles. The first-order valence-corrected chi connectivity index (χ1v) is 5.01. The van der Waals surface area contributed by atoms with Crippen LogP contribution in [0.5, 0.6) is 0 Å². The molecule has 0 atom stereocenters. The molecule has 5 nitrogen and oxygen atoms in total. The molecule has 0 aromatic rings. The average Bonchev–Trinajstić information content (AvgIpc) is 2.19. The molecular weight excluding hydrogens is 216 g/mol. The van der Waals surface area contributed by atoms with E-state index >= 15 is 0 Å². The lowest BCUT2D eigenvalue weighted by Gasteiger charge is -2.34. The Hall–Kier alpha value is -1.43. The van der Waals surface area contributed by atoms with E-state index in [1.54, 1.807) is 13.8 Å². The lowest BCUT2D eigenvalue weighted by molar-refractivity contribution is -0.133. The van der Waals surface area contributed by atoms with Crippen LogP contribution < -0.4 is 0 Å². The van der Waals surface area contributed by atoms with Crippen LogP contribution in [0.3, 0.4) is 0 Å². The van der Waals surface area contributed by atoms with Crippen molar-refractivity contribution in [2.75, 3.05) is 13.1 Å². The van der Waals surface area contributed by atoms with Crippen molar-refractivity contribution >= 4 is 29.1 Å². The minimum atomic E-state index is -0.542. The second kappa shape index (κ2) is 4.39. The summed E-state index contributed by atoms with van der Waals surface area (Å²) in [7, 11) is 0. The van der Waals surface area contributed by atoms with Crippen LogP contribution in [-0.2, 0) is 9.59 Å². The minimum absolute atomic E-state index is 0.195. The Labute approximate surface area is 93.0 Å². The Morgan fingerprint density at radius 2 is 1.60 bits per heavy atom. The summed E-state index contributed by atoms with van der Waals surface area (Å²) in [5.74, 6) is -1.08. The van der Waals surface area contributed by atoms with Gasteiger partial charge in [0, 0.05) is 13.1 Å². The lowest BCUT2D eigenvalue weighted by atomic mass is 10.2. The zero-order valence-corrected chi connectivity index (χ0v) is 9.37. The summed E-state index contributed by atoms with van der Waals surface area (Å²) in [5, 5.41) is 9.04. The van der Waals surface area contributed by atoms with Gasteiger partial charge in [0.25, 0.3) is 11.8 Å². The van der Waals surface area contributed by atoms with Crippen molar-refractivity contribution in [2.45, 2.75) is 13.8 Å². The summed E-state index contributed by atoms with van der Waals surface area (Å²) in [6.45, 7) is 4.25. The van der Waals surface area contributed by atoms with Crippen molar-refractivity contribution in [2.24, 2.45) is 0 Å². The number of hydrogen-bond donors (Lipinski definition) is 1. The zero-order valence-electron chi connectivity index (χ0n) is 8.56. The van der Waals surface area contributed by atoms with Gasteiger partial charge in [-0.3, -0.25) is 19.4 Å². The van der Waals surface area contributed by atoms with Gasteiger partial charge in [0.1, 0.15) is 5.57 Å². The molecule has 0 radical (unpaired) electrons. The maximum atomic E-state index is 11.6. The number of amides is 2. The fourth-order valence-corrected chi connectivity index (χ4v) is 1.79. The van der Waals surface area contributed by atoms with Crippen LogP contribution in [0.1, 0.15) is 13.8 Å². The number of nitrogens with zero attached hydrogens (tertiary/aromatic N) is 2. The first kappa shape index (κ1) is 11.6. The van der Waals surface area contributed by atoms with Gasteiger partial charge in [-0.25, -0.2) is 0 Å². The number of carbonyl (C=O) groups excluding carboxylic acids is 2. The number of rotatable bonds is 2. The van der Waals surface area contributed by atoms with E-state index < -0.39 is 11.8 Å². The summed E-state index contributed by atoms with van der Waals surface area (Å²) in [5.41, 5.74) is -0.243. The highest BCUT2D eigenvalue weighted by molar-refractivity contribution is 7.80. The van der Waals surface area contributed by atoms with E-state index in [4.69, 9.17) is 17.3 Å². The summed E-state index contributed by atoms with van der Waals surface area (Å²) in [6, 6.07) is 0. The SMILES string of the molecule is CCN1C(=O)C(=CO)C(=O)N(CC)C1=S. The van der Waals surface area contributed by atoms with Gasteiger partial charge in [-0.15, -0.1) is 0 Å². The van der Waals surface area contributed by atoms with Crippen LogP contribution in [0.4, 0.5) is 0 Å². The van der Waals surface area contributed by atoms with Crippen LogP contribution in [-0.4, -0.2) is 44.9 Å². The molecule has 1 N–H and O–H groups in total. The molecule has 1 fully saturated rings. The number of aliphatic hydroxyl groups excluding tert-OH is 1. The fourth-order valence-electron chi connectivity index (χ4n) is 1.37. The third kappa shape index (κ3) is 1.72. The van der Waals surface area contributed by atoms with E-state index in [1.807, 2.05) is 0 Å². The largest absolute Gasteiger partial charge is 0.515 e. The van der Waals surface area contributed by atoms with Crippen molar-refractivity contribution in [3.05, 3.63) is 11.8 Å². The molecule has 1 aliphatic heterocycles. The Bertz CT molecular complexity index is 323. The molecule has 1 rings (SSSR count). The summed E-state index contributed by atoms with van der Waals surface area (Å²) in [6.07, 6.45) is 0.539. The molecule has 15 heavy (non-hydrogen) atoms. The van der Waals surface area contributed by atoms with Crippen molar-refractivity contribution < 1.29 is 14.7 Å². The number of thiocarbonyl (C=S) groups is 1. The second-order valence-electron chi connectivity index (χ2n) is 2.92. The highest BCUT2D eigenvalue weighted by Gasteiger charge is 2.37. The van der Waals surface area contributed by atoms with Gasteiger partial charge in [0.05, 0.1) is 6.26 Å². The Balaban J connectivity index is 3.15. The summed E-state index contributed by atoms with van der Waals surface area (Å²) in [4.78, 5) is 25.8. The number of likely N-dealkylation sites (N-methyl/N-ethyl adjacent to an activating group) is 2. The molecule has 0 unspecified atom stereocenters. The maximum Gasteiger partial charge on any atom is 0.268 e. The van der Waals surface area contributed by atoms with E-state index in [0.29, 0.717) is 19.4 Å². The van der Waals surface area contributed by atoms with E-state index in [9.17, 15) is 9.59 Å².